The molecule has 0 radical (unpaired) electrons. The van der Waals surface area contributed by atoms with Crippen molar-refractivity contribution in [1.29, 1.82) is 0 Å². The number of nitro groups is 1. The Labute approximate surface area is 167 Å². The fraction of sp³-hybridized carbons (Fsp3) is 0.300. The quantitative estimate of drug-likeness (QED) is 0.403. The zero-order valence-corrected chi connectivity index (χ0v) is 16.9. The number of amidine groups is 1. The number of nitro benzene ring substituents is 1. The maximum atomic E-state index is 12.8. The Balaban J connectivity index is 1.90. The Morgan fingerprint density at radius 3 is 2.61 bits per heavy atom. The van der Waals surface area contributed by atoms with Gasteiger partial charge in [0.05, 0.1) is 9.83 Å². The van der Waals surface area contributed by atoms with Crippen LogP contribution >= 0.6 is 11.8 Å². The van der Waals surface area contributed by atoms with Crippen LogP contribution in [0.5, 0.6) is 0 Å². The molecule has 0 unspecified atom stereocenters. The predicted octanol–water partition coefficient (Wildman–Crippen LogP) is 4.94. The van der Waals surface area contributed by atoms with Gasteiger partial charge in [0.15, 0.2) is 5.17 Å². The van der Waals surface area contributed by atoms with Crippen molar-refractivity contribution in [2.24, 2.45) is 4.99 Å². The lowest BCUT2D eigenvalue weighted by molar-refractivity contribution is -0.384. The molecular formula is C20H21N3O4S. The van der Waals surface area contributed by atoms with Crippen molar-refractivity contribution in [1.82, 2.24) is 4.90 Å². The molecule has 1 aliphatic heterocycles. The fourth-order valence-electron chi connectivity index (χ4n) is 2.74. The van der Waals surface area contributed by atoms with Crippen LogP contribution in [0.3, 0.4) is 0 Å². The summed E-state index contributed by atoms with van der Waals surface area (Å²) in [6.07, 6.45) is 1.69. The largest absolute Gasteiger partial charge is 0.457 e. The molecule has 1 saturated heterocycles. The summed E-state index contributed by atoms with van der Waals surface area (Å²) < 4.78 is 5.80. The highest BCUT2D eigenvalue weighted by atomic mass is 32.2. The van der Waals surface area contributed by atoms with Crippen LogP contribution < -0.4 is 0 Å². The van der Waals surface area contributed by atoms with Crippen LogP contribution in [0.4, 0.5) is 5.69 Å². The third-order valence-electron chi connectivity index (χ3n) is 3.96. The first-order chi connectivity index (χ1) is 13.3. The van der Waals surface area contributed by atoms with Gasteiger partial charge in [-0.1, -0.05) is 12.1 Å². The number of furan rings is 1. The van der Waals surface area contributed by atoms with Crippen LogP contribution in [0.15, 0.2) is 50.7 Å². The summed E-state index contributed by atoms with van der Waals surface area (Å²) >= 11 is 1.33. The highest BCUT2D eigenvalue weighted by Crippen LogP contribution is 2.35. The van der Waals surface area contributed by atoms with Crippen molar-refractivity contribution < 1.29 is 14.1 Å². The number of carbonyl (C=O) groups excluding carboxylic acids is 1. The van der Waals surface area contributed by atoms with Crippen LogP contribution in [0.25, 0.3) is 17.4 Å². The molecule has 8 heteroatoms. The Hall–Kier alpha value is -2.87. The molecule has 0 atom stereocenters. The number of amides is 1. The van der Waals surface area contributed by atoms with Crippen molar-refractivity contribution in [3.63, 3.8) is 0 Å². The SMILES string of the molecule is CC(C)N=C1S/C(=C/c2ccc(-c3cccc([N+](=O)[O-])c3)o2)C(=O)N1C(C)C. The van der Waals surface area contributed by atoms with Crippen molar-refractivity contribution in [2.75, 3.05) is 0 Å². The minimum Gasteiger partial charge on any atom is -0.457 e. The van der Waals surface area contributed by atoms with Crippen molar-refractivity contribution in [3.05, 3.63) is 57.2 Å². The third-order valence-corrected chi connectivity index (χ3v) is 4.96. The Bertz CT molecular complexity index is 975. The average molecular weight is 399 g/mol. The van der Waals surface area contributed by atoms with Crippen LogP contribution in [0.1, 0.15) is 33.5 Å². The van der Waals surface area contributed by atoms with Gasteiger partial charge < -0.3 is 4.42 Å². The second kappa shape index (κ2) is 8.02. The van der Waals surface area contributed by atoms with E-state index in [1.807, 2.05) is 27.7 Å². The van der Waals surface area contributed by atoms with Gasteiger partial charge in [0.25, 0.3) is 11.6 Å². The molecule has 2 aromatic rings. The maximum Gasteiger partial charge on any atom is 0.270 e. The van der Waals surface area contributed by atoms with E-state index >= 15 is 0 Å². The summed E-state index contributed by atoms with van der Waals surface area (Å²) in [5.41, 5.74) is 0.604. The fourth-order valence-corrected chi connectivity index (χ4v) is 3.95. The third kappa shape index (κ3) is 4.17. The van der Waals surface area contributed by atoms with E-state index in [-0.39, 0.29) is 23.7 Å². The highest BCUT2D eigenvalue weighted by molar-refractivity contribution is 8.18. The lowest BCUT2D eigenvalue weighted by Crippen LogP contribution is -2.35. The molecule has 3 rings (SSSR count). The summed E-state index contributed by atoms with van der Waals surface area (Å²) in [6, 6.07) is 9.80. The van der Waals surface area contributed by atoms with Crippen LogP contribution in [0, 0.1) is 10.1 Å². The molecule has 2 heterocycles. The normalized spacial score (nSPS) is 17.5. The highest BCUT2D eigenvalue weighted by Gasteiger charge is 2.35. The number of non-ortho nitro benzene ring substituents is 1. The average Bonchev–Trinajstić information content (AvgIpc) is 3.20. The minimum absolute atomic E-state index is 0.000398. The molecule has 0 N–H and O–H groups in total. The number of hydrogen-bond donors (Lipinski definition) is 0. The van der Waals surface area contributed by atoms with Crippen molar-refractivity contribution >= 4 is 34.6 Å². The van der Waals surface area contributed by atoms with Crippen molar-refractivity contribution in [3.8, 4) is 11.3 Å². The Kier molecular flexibility index (Phi) is 5.69. The summed E-state index contributed by atoms with van der Waals surface area (Å²) in [7, 11) is 0. The molecule has 0 saturated carbocycles. The van der Waals surface area contributed by atoms with Gasteiger partial charge in [-0.15, -0.1) is 0 Å². The van der Waals surface area contributed by atoms with Gasteiger partial charge in [0, 0.05) is 35.9 Å². The van der Waals surface area contributed by atoms with Gasteiger partial charge in [-0.3, -0.25) is 24.8 Å². The molecule has 0 bridgehead atoms. The molecule has 0 aliphatic carbocycles. The van der Waals surface area contributed by atoms with Gasteiger partial charge in [-0.05, 0) is 51.6 Å². The zero-order chi connectivity index (χ0) is 20.4. The van der Waals surface area contributed by atoms with E-state index in [2.05, 4.69) is 4.99 Å². The summed E-state index contributed by atoms with van der Waals surface area (Å²) in [6.45, 7) is 7.83. The molecule has 146 valence electrons. The monoisotopic (exact) mass is 399 g/mol. The number of thioether (sulfide) groups is 1. The lowest BCUT2D eigenvalue weighted by Gasteiger charge is -2.20. The van der Waals surface area contributed by atoms with Gasteiger partial charge in [0.1, 0.15) is 11.5 Å². The zero-order valence-electron chi connectivity index (χ0n) is 16.1. The lowest BCUT2D eigenvalue weighted by atomic mass is 10.1. The molecule has 0 spiro atoms. The number of hydrogen-bond acceptors (Lipinski definition) is 6. The van der Waals surface area contributed by atoms with Crippen LogP contribution in [0.2, 0.25) is 0 Å². The molecule has 7 nitrogen and oxygen atoms in total. The van der Waals surface area contributed by atoms with Gasteiger partial charge >= 0.3 is 0 Å². The van der Waals surface area contributed by atoms with Crippen molar-refractivity contribution in [2.45, 2.75) is 39.8 Å². The number of aliphatic imine (C=N–C) groups is 1. The smallest absolute Gasteiger partial charge is 0.270 e. The molecule has 1 aromatic heterocycles. The molecule has 1 aromatic carbocycles. The first kappa shape index (κ1) is 19.9. The number of carbonyl (C=O) groups is 1. The molecular weight excluding hydrogens is 378 g/mol. The van der Waals surface area contributed by atoms with E-state index in [0.29, 0.717) is 27.2 Å². The van der Waals surface area contributed by atoms with Gasteiger partial charge in [0.2, 0.25) is 0 Å². The second-order valence-electron chi connectivity index (χ2n) is 6.89. The molecule has 28 heavy (non-hydrogen) atoms. The Morgan fingerprint density at radius 2 is 1.96 bits per heavy atom. The van der Waals surface area contributed by atoms with E-state index in [1.165, 1.54) is 23.9 Å². The molecule has 1 amide bonds. The topological polar surface area (TPSA) is 89.0 Å². The molecule has 1 fully saturated rings. The van der Waals surface area contributed by atoms with E-state index in [9.17, 15) is 14.9 Å². The minimum atomic E-state index is -0.445. The van der Waals surface area contributed by atoms with Gasteiger partial charge in [-0.2, -0.15) is 0 Å². The van der Waals surface area contributed by atoms with E-state index in [1.54, 1.807) is 35.2 Å². The van der Waals surface area contributed by atoms with E-state index in [0.717, 1.165) is 0 Å². The van der Waals surface area contributed by atoms with Crippen LogP contribution in [-0.2, 0) is 4.79 Å². The number of benzene rings is 1. The second-order valence-corrected chi connectivity index (χ2v) is 7.90. The van der Waals surface area contributed by atoms with E-state index < -0.39 is 4.92 Å². The number of nitrogens with zero attached hydrogens (tertiary/aromatic N) is 3. The predicted molar refractivity (Wildman–Crippen MR) is 111 cm³/mol. The maximum absolute atomic E-state index is 12.8. The Morgan fingerprint density at radius 1 is 1.21 bits per heavy atom. The number of rotatable bonds is 5. The van der Waals surface area contributed by atoms with Gasteiger partial charge in [-0.25, -0.2) is 0 Å². The first-order valence-electron chi connectivity index (χ1n) is 8.92. The first-order valence-corrected chi connectivity index (χ1v) is 9.73. The summed E-state index contributed by atoms with van der Waals surface area (Å²) in [4.78, 5) is 30.1. The molecule has 1 aliphatic rings. The van der Waals surface area contributed by atoms with E-state index in [4.69, 9.17) is 4.42 Å². The summed E-state index contributed by atoms with van der Waals surface area (Å²) in [5.74, 6) is 0.905. The summed E-state index contributed by atoms with van der Waals surface area (Å²) in [5, 5.41) is 11.6. The standard InChI is InChI=1S/C20H21N3O4S/c1-12(2)21-20-22(13(3)4)19(24)18(28-20)11-16-8-9-17(27-16)14-6-5-7-15(10-14)23(25)26/h5-13H,1-4H3/b18-11+,21-20?. The van der Waals surface area contributed by atoms with Crippen LogP contribution in [-0.4, -0.2) is 33.0 Å².